The summed E-state index contributed by atoms with van der Waals surface area (Å²) in [6.07, 6.45) is 5.30. The van der Waals surface area contributed by atoms with Crippen LogP contribution in [0.1, 0.15) is 31.4 Å². The van der Waals surface area contributed by atoms with Crippen LogP contribution in [0.5, 0.6) is 0 Å². The van der Waals surface area contributed by atoms with Gasteiger partial charge in [0, 0.05) is 38.6 Å². The lowest BCUT2D eigenvalue weighted by molar-refractivity contribution is 0.175. The third kappa shape index (κ3) is 4.18. The summed E-state index contributed by atoms with van der Waals surface area (Å²) < 4.78 is 0. The highest BCUT2D eigenvalue weighted by atomic mass is 16.2. The summed E-state index contributed by atoms with van der Waals surface area (Å²) in [6.45, 7) is 4.19. The lowest BCUT2D eigenvalue weighted by atomic mass is 10.1. The molecule has 118 valence electrons. The number of hydrogen-bond acceptors (Lipinski definition) is 4. The van der Waals surface area contributed by atoms with Crippen molar-refractivity contribution in [1.29, 1.82) is 5.26 Å². The molecule has 1 aromatic heterocycles. The van der Waals surface area contributed by atoms with E-state index < -0.39 is 0 Å². The zero-order chi connectivity index (χ0) is 15.9. The molecule has 1 N–H and O–H groups in total. The van der Waals surface area contributed by atoms with Gasteiger partial charge in [0.05, 0.1) is 18.7 Å². The van der Waals surface area contributed by atoms with E-state index in [9.17, 15) is 4.79 Å². The molecule has 0 spiro atoms. The minimum Gasteiger partial charge on any atom is -0.335 e. The Labute approximate surface area is 131 Å². The van der Waals surface area contributed by atoms with Crippen LogP contribution < -0.4 is 5.32 Å². The second kappa shape index (κ2) is 7.76. The van der Waals surface area contributed by atoms with Crippen molar-refractivity contribution in [3.8, 4) is 6.07 Å². The topological polar surface area (TPSA) is 72.3 Å². The molecule has 0 aromatic carbocycles. The van der Waals surface area contributed by atoms with Crippen LogP contribution in [-0.4, -0.2) is 53.5 Å². The van der Waals surface area contributed by atoms with E-state index in [1.54, 1.807) is 24.3 Å². The van der Waals surface area contributed by atoms with E-state index >= 15 is 0 Å². The number of urea groups is 1. The number of amides is 2. The van der Waals surface area contributed by atoms with Crippen molar-refractivity contribution in [3.63, 3.8) is 0 Å². The van der Waals surface area contributed by atoms with Crippen LogP contribution in [-0.2, 0) is 0 Å². The van der Waals surface area contributed by atoms with Crippen molar-refractivity contribution in [2.45, 2.75) is 31.8 Å². The number of carbonyl (C=O) groups excluding carboxylic acids is 1. The molecule has 6 heteroatoms. The molecule has 6 nitrogen and oxygen atoms in total. The largest absolute Gasteiger partial charge is 0.335 e. The summed E-state index contributed by atoms with van der Waals surface area (Å²) in [6, 6.07) is 6.13. The normalized spacial score (nSPS) is 17.5. The molecule has 2 amide bonds. The van der Waals surface area contributed by atoms with Crippen molar-refractivity contribution in [3.05, 3.63) is 30.1 Å². The predicted molar refractivity (Wildman–Crippen MR) is 84.0 cm³/mol. The first kappa shape index (κ1) is 16.2. The lowest BCUT2D eigenvalue weighted by Gasteiger charge is -2.33. The first-order valence-electron chi connectivity index (χ1n) is 7.64. The third-order valence-electron chi connectivity index (χ3n) is 4.28. The Kier molecular flexibility index (Phi) is 5.73. The monoisotopic (exact) mass is 301 g/mol. The summed E-state index contributed by atoms with van der Waals surface area (Å²) >= 11 is 0. The fraction of sp³-hybridized carbons (Fsp3) is 0.562. The Balaban J connectivity index is 1.83. The Morgan fingerprint density at radius 2 is 2.32 bits per heavy atom. The molecule has 2 rings (SSSR count). The molecule has 1 aliphatic rings. The lowest BCUT2D eigenvalue weighted by Crippen LogP contribution is -2.48. The molecule has 1 aliphatic heterocycles. The number of carbonyl (C=O) groups is 1. The van der Waals surface area contributed by atoms with Crippen LogP contribution in [0.15, 0.2) is 24.5 Å². The van der Waals surface area contributed by atoms with E-state index in [1.165, 1.54) is 0 Å². The second-order valence-corrected chi connectivity index (χ2v) is 5.73. The van der Waals surface area contributed by atoms with Gasteiger partial charge in [-0.1, -0.05) is 6.07 Å². The number of aromatic nitrogens is 1. The van der Waals surface area contributed by atoms with E-state index in [0.29, 0.717) is 6.54 Å². The van der Waals surface area contributed by atoms with Crippen LogP contribution in [0.2, 0.25) is 0 Å². The molecular weight excluding hydrogens is 278 g/mol. The van der Waals surface area contributed by atoms with Crippen LogP contribution in [0.25, 0.3) is 0 Å². The molecule has 0 saturated carbocycles. The zero-order valence-electron chi connectivity index (χ0n) is 13.2. The van der Waals surface area contributed by atoms with E-state index in [0.717, 1.165) is 31.5 Å². The number of nitriles is 1. The highest BCUT2D eigenvalue weighted by Gasteiger charge is 2.23. The zero-order valence-corrected chi connectivity index (χ0v) is 13.2. The molecule has 1 saturated heterocycles. The molecule has 0 bridgehead atoms. The fourth-order valence-corrected chi connectivity index (χ4v) is 2.63. The van der Waals surface area contributed by atoms with Gasteiger partial charge in [-0.2, -0.15) is 5.26 Å². The molecule has 1 fully saturated rings. The third-order valence-corrected chi connectivity index (χ3v) is 4.28. The van der Waals surface area contributed by atoms with Crippen LogP contribution in [0, 0.1) is 11.3 Å². The van der Waals surface area contributed by atoms with Crippen molar-refractivity contribution in [1.82, 2.24) is 20.1 Å². The smallest absolute Gasteiger partial charge is 0.317 e. The first-order chi connectivity index (χ1) is 10.6. The number of rotatable bonds is 4. The molecule has 0 aliphatic carbocycles. The van der Waals surface area contributed by atoms with Gasteiger partial charge in [0.1, 0.15) is 0 Å². The van der Waals surface area contributed by atoms with E-state index in [4.69, 9.17) is 5.26 Å². The highest BCUT2D eigenvalue weighted by molar-refractivity contribution is 5.74. The van der Waals surface area contributed by atoms with Gasteiger partial charge in [-0.15, -0.1) is 0 Å². The Morgan fingerprint density at radius 3 is 2.91 bits per heavy atom. The van der Waals surface area contributed by atoms with Crippen molar-refractivity contribution in [2.75, 3.05) is 26.7 Å². The fourth-order valence-electron chi connectivity index (χ4n) is 2.63. The van der Waals surface area contributed by atoms with Gasteiger partial charge in [-0.25, -0.2) is 4.79 Å². The van der Waals surface area contributed by atoms with E-state index in [1.807, 2.05) is 19.1 Å². The number of pyridine rings is 1. The summed E-state index contributed by atoms with van der Waals surface area (Å²) in [4.78, 5) is 20.3. The molecular formula is C16H23N5O. The quantitative estimate of drug-likeness (QED) is 0.860. The number of likely N-dealkylation sites (tertiary alicyclic amines) is 1. The molecule has 2 heterocycles. The predicted octanol–water partition coefficient (Wildman–Crippen LogP) is 1.77. The van der Waals surface area contributed by atoms with Gasteiger partial charge in [0.25, 0.3) is 0 Å². The number of hydrogen-bond donors (Lipinski definition) is 1. The Bertz CT molecular complexity index is 519. The maximum Gasteiger partial charge on any atom is 0.317 e. The van der Waals surface area contributed by atoms with Crippen molar-refractivity contribution >= 4 is 6.03 Å². The van der Waals surface area contributed by atoms with Gasteiger partial charge < -0.3 is 10.2 Å². The van der Waals surface area contributed by atoms with Crippen molar-refractivity contribution < 1.29 is 4.79 Å². The minimum absolute atomic E-state index is 0.0209. The van der Waals surface area contributed by atoms with Crippen LogP contribution in [0.3, 0.4) is 0 Å². The van der Waals surface area contributed by atoms with Gasteiger partial charge in [-0.05, 0) is 31.4 Å². The van der Waals surface area contributed by atoms with Gasteiger partial charge >= 0.3 is 6.03 Å². The summed E-state index contributed by atoms with van der Waals surface area (Å²) in [5.74, 6) is 0. The highest BCUT2D eigenvalue weighted by Crippen LogP contribution is 2.18. The molecule has 22 heavy (non-hydrogen) atoms. The number of nitrogens with zero attached hydrogens (tertiary/aromatic N) is 4. The second-order valence-electron chi connectivity index (χ2n) is 5.73. The Hall–Kier alpha value is -2.13. The standard InChI is InChI=1S/C16H23N5O/c1-13(14-4-3-8-18-12-14)20(2)16(22)19-15-5-9-21(10-6-15)11-7-17/h3-4,8,12-13,15H,5-6,9-11H2,1-2H3,(H,19,22). The Morgan fingerprint density at radius 1 is 1.59 bits per heavy atom. The first-order valence-corrected chi connectivity index (χ1v) is 7.64. The van der Waals surface area contributed by atoms with Gasteiger partial charge in [-0.3, -0.25) is 9.88 Å². The van der Waals surface area contributed by atoms with E-state index in [-0.39, 0.29) is 18.1 Å². The average molecular weight is 301 g/mol. The van der Waals surface area contributed by atoms with Gasteiger partial charge in [0.15, 0.2) is 0 Å². The van der Waals surface area contributed by atoms with E-state index in [2.05, 4.69) is 21.3 Å². The van der Waals surface area contributed by atoms with Crippen molar-refractivity contribution in [2.24, 2.45) is 0 Å². The molecule has 0 radical (unpaired) electrons. The van der Waals surface area contributed by atoms with Crippen LogP contribution >= 0.6 is 0 Å². The maximum absolute atomic E-state index is 12.4. The SMILES string of the molecule is CC(c1cccnc1)N(C)C(=O)NC1CCN(CC#N)CC1. The van der Waals surface area contributed by atoms with Crippen LogP contribution in [0.4, 0.5) is 4.79 Å². The minimum atomic E-state index is -0.0601. The van der Waals surface area contributed by atoms with Gasteiger partial charge in [0.2, 0.25) is 0 Å². The molecule has 1 atom stereocenters. The molecule has 1 unspecified atom stereocenters. The summed E-state index contributed by atoms with van der Waals surface area (Å²) in [5, 5.41) is 11.8. The number of nitrogens with one attached hydrogen (secondary N) is 1. The summed E-state index contributed by atoms with van der Waals surface area (Å²) in [5.41, 5.74) is 1.02. The molecule has 1 aromatic rings. The number of piperidine rings is 1. The maximum atomic E-state index is 12.4. The summed E-state index contributed by atoms with van der Waals surface area (Å²) in [7, 11) is 1.80. The average Bonchev–Trinajstić information content (AvgIpc) is 2.56.